The van der Waals surface area contributed by atoms with Gasteiger partial charge < -0.3 is 14.6 Å². The van der Waals surface area contributed by atoms with Crippen molar-refractivity contribution in [2.75, 3.05) is 29.8 Å². The van der Waals surface area contributed by atoms with E-state index < -0.39 is 32.6 Å². The molecule has 0 saturated carbocycles. The predicted octanol–water partition coefficient (Wildman–Crippen LogP) is 3.64. The number of fused-ring (bicyclic) bond motifs is 1. The summed E-state index contributed by atoms with van der Waals surface area (Å²) in [4.78, 5) is 15.7. The molecule has 3 aromatic carbocycles. The van der Waals surface area contributed by atoms with Gasteiger partial charge in [0.25, 0.3) is 20.0 Å². The first-order valence-electron chi connectivity index (χ1n) is 11.4. The minimum absolute atomic E-state index is 0.0916. The van der Waals surface area contributed by atoms with E-state index >= 15 is 0 Å². The van der Waals surface area contributed by atoms with Crippen molar-refractivity contribution in [2.45, 2.75) is 16.8 Å². The highest BCUT2D eigenvalue weighted by atomic mass is 32.2. The average Bonchev–Trinajstić information content (AvgIpc) is 2.91. The summed E-state index contributed by atoms with van der Waals surface area (Å²) in [5.41, 5.74) is 0.947. The Balaban J connectivity index is 1.86. The molecule has 0 aliphatic rings. The van der Waals surface area contributed by atoms with E-state index in [1.165, 1.54) is 50.6 Å². The predicted molar refractivity (Wildman–Crippen MR) is 145 cm³/mol. The van der Waals surface area contributed by atoms with Gasteiger partial charge in [-0.15, -0.1) is 0 Å². The monoisotopic (exact) mass is 571 g/mol. The smallest absolute Gasteiger partial charge is 0.324 e. The zero-order valence-electron chi connectivity index (χ0n) is 21.2. The van der Waals surface area contributed by atoms with Crippen molar-refractivity contribution in [3.05, 3.63) is 78.5 Å². The molecule has 0 saturated heterocycles. The Kier molecular flexibility index (Phi) is 7.65. The highest BCUT2D eigenvalue weighted by Crippen LogP contribution is 2.35. The quantitative estimate of drug-likeness (QED) is 0.291. The minimum Gasteiger partial charge on any atom is -0.497 e. The number of aryl methyl sites for hydroxylation is 1. The highest BCUT2D eigenvalue weighted by molar-refractivity contribution is 7.93. The van der Waals surface area contributed by atoms with E-state index in [0.29, 0.717) is 15.8 Å². The Morgan fingerprint density at radius 3 is 2.23 bits per heavy atom. The van der Waals surface area contributed by atoms with Crippen LogP contribution in [0, 0.1) is 6.92 Å². The number of nitrogens with zero attached hydrogens (tertiary/aromatic N) is 2. The summed E-state index contributed by atoms with van der Waals surface area (Å²) in [6.45, 7) is 0.905. The lowest BCUT2D eigenvalue weighted by Crippen LogP contribution is -2.36. The maximum absolute atomic E-state index is 13.6. The number of aromatic nitrogens is 1. The van der Waals surface area contributed by atoms with Gasteiger partial charge in [0.05, 0.1) is 36.7 Å². The molecule has 11 nitrogen and oxygen atoms in total. The molecule has 2 N–H and O–H groups in total. The number of methoxy groups -OCH3 is 2. The summed E-state index contributed by atoms with van der Waals surface area (Å²) in [5, 5.41) is 9.45. The van der Waals surface area contributed by atoms with Crippen LogP contribution in [-0.2, 0) is 24.8 Å². The maximum atomic E-state index is 13.6. The van der Waals surface area contributed by atoms with Crippen molar-refractivity contribution >= 4 is 48.2 Å². The first-order valence-corrected chi connectivity index (χ1v) is 14.3. The van der Waals surface area contributed by atoms with E-state index in [0.717, 1.165) is 11.8 Å². The van der Waals surface area contributed by atoms with Crippen molar-refractivity contribution in [1.82, 2.24) is 4.98 Å². The van der Waals surface area contributed by atoms with Gasteiger partial charge in [0.1, 0.15) is 18.0 Å². The molecule has 39 heavy (non-hydrogen) atoms. The third kappa shape index (κ3) is 5.59. The second-order valence-electron chi connectivity index (χ2n) is 8.38. The van der Waals surface area contributed by atoms with Crippen molar-refractivity contribution < 1.29 is 36.2 Å². The molecule has 0 amide bonds. The zero-order chi connectivity index (χ0) is 28.4. The molecular formula is C26H25N3O8S2. The number of pyridine rings is 1. The summed E-state index contributed by atoms with van der Waals surface area (Å²) in [6.07, 6.45) is 1.04. The fourth-order valence-electron chi connectivity index (χ4n) is 3.94. The number of sulfonamides is 2. The summed E-state index contributed by atoms with van der Waals surface area (Å²) in [5.74, 6) is -0.697. The number of ether oxygens (including phenoxy) is 2. The van der Waals surface area contributed by atoms with Crippen LogP contribution in [0.15, 0.2) is 82.8 Å². The molecule has 0 fully saturated rings. The molecule has 0 aliphatic heterocycles. The maximum Gasteiger partial charge on any atom is 0.324 e. The van der Waals surface area contributed by atoms with Crippen LogP contribution in [0.4, 0.5) is 11.4 Å². The van der Waals surface area contributed by atoms with Gasteiger partial charge in [-0.1, -0.05) is 30.3 Å². The molecule has 4 aromatic rings. The lowest BCUT2D eigenvalue weighted by molar-refractivity contribution is -0.135. The third-order valence-electron chi connectivity index (χ3n) is 5.79. The van der Waals surface area contributed by atoms with Crippen molar-refractivity contribution in [2.24, 2.45) is 0 Å². The molecule has 0 atom stereocenters. The SMILES string of the molecule is COc1ccc(S(=O)(=O)N(CC(=O)O)c2cnc(S(=O)(=O)Nc3ccc(C)cc3OC)c3ccccc23)cc1. The topological polar surface area (TPSA) is 152 Å². The van der Waals surface area contributed by atoms with Crippen LogP contribution in [0.1, 0.15) is 5.56 Å². The van der Waals surface area contributed by atoms with Gasteiger partial charge in [-0.05, 0) is 48.9 Å². The number of rotatable bonds is 10. The van der Waals surface area contributed by atoms with Crippen LogP contribution in [0.5, 0.6) is 11.5 Å². The zero-order valence-corrected chi connectivity index (χ0v) is 22.8. The van der Waals surface area contributed by atoms with Crippen molar-refractivity contribution in [1.29, 1.82) is 0 Å². The van der Waals surface area contributed by atoms with Gasteiger partial charge in [0.15, 0.2) is 5.03 Å². The summed E-state index contributed by atoms with van der Waals surface area (Å²) in [6, 6.07) is 16.5. The van der Waals surface area contributed by atoms with E-state index in [1.54, 1.807) is 30.3 Å². The summed E-state index contributed by atoms with van der Waals surface area (Å²) in [7, 11) is -5.85. The Morgan fingerprint density at radius 2 is 1.62 bits per heavy atom. The number of carboxylic acid groups (broad SMARTS) is 1. The Labute approximate surface area is 225 Å². The number of benzene rings is 3. The number of aliphatic carboxylic acids is 1. The van der Waals surface area contributed by atoms with E-state index in [2.05, 4.69) is 9.71 Å². The lowest BCUT2D eigenvalue weighted by Gasteiger charge is -2.24. The summed E-state index contributed by atoms with van der Waals surface area (Å²) < 4.78 is 67.6. The molecule has 0 aliphatic carbocycles. The molecule has 0 bridgehead atoms. The number of carbonyl (C=O) groups is 1. The van der Waals surface area contributed by atoms with Crippen molar-refractivity contribution in [3.8, 4) is 11.5 Å². The van der Waals surface area contributed by atoms with Crippen LogP contribution in [0.3, 0.4) is 0 Å². The molecule has 13 heteroatoms. The number of hydrogen-bond acceptors (Lipinski definition) is 8. The van der Waals surface area contributed by atoms with E-state index in [-0.39, 0.29) is 32.1 Å². The number of nitrogens with one attached hydrogen (secondary N) is 1. The second kappa shape index (κ2) is 10.8. The molecule has 0 spiro atoms. The van der Waals surface area contributed by atoms with Crippen LogP contribution in [-0.4, -0.2) is 53.7 Å². The molecule has 1 heterocycles. The highest BCUT2D eigenvalue weighted by Gasteiger charge is 2.31. The van der Waals surface area contributed by atoms with Crippen LogP contribution in [0.25, 0.3) is 10.8 Å². The normalized spacial score (nSPS) is 11.7. The van der Waals surface area contributed by atoms with Crippen LogP contribution < -0.4 is 18.5 Å². The number of anilines is 2. The van der Waals surface area contributed by atoms with Gasteiger partial charge in [-0.3, -0.25) is 13.8 Å². The van der Waals surface area contributed by atoms with E-state index in [9.17, 15) is 26.7 Å². The van der Waals surface area contributed by atoms with E-state index in [4.69, 9.17) is 9.47 Å². The van der Waals surface area contributed by atoms with Gasteiger partial charge in [-0.2, -0.15) is 8.42 Å². The van der Waals surface area contributed by atoms with E-state index in [1.807, 2.05) is 6.92 Å². The Hall–Kier alpha value is -4.36. The Bertz CT molecular complexity index is 1760. The largest absolute Gasteiger partial charge is 0.497 e. The average molecular weight is 572 g/mol. The van der Waals surface area contributed by atoms with Crippen molar-refractivity contribution in [3.63, 3.8) is 0 Å². The number of hydrogen-bond donors (Lipinski definition) is 2. The van der Waals surface area contributed by atoms with Gasteiger partial charge in [0.2, 0.25) is 0 Å². The van der Waals surface area contributed by atoms with Gasteiger partial charge >= 0.3 is 5.97 Å². The second-order valence-corrected chi connectivity index (χ2v) is 11.8. The number of carboxylic acids is 1. The van der Waals surface area contributed by atoms with Gasteiger partial charge in [0, 0.05) is 10.8 Å². The molecule has 1 aromatic heterocycles. The Morgan fingerprint density at radius 1 is 0.949 bits per heavy atom. The van der Waals surface area contributed by atoms with Crippen LogP contribution in [0.2, 0.25) is 0 Å². The molecule has 0 unspecified atom stereocenters. The van der Waals surface area contributed by atoms with Gasteiger partial charge in [-0.25, -0.2) is 13.4 Å². The fourth-order valence-corrected chi connectivity index (χ4v) is 6.57. The standard InChI is InChI=1S/C26H25N3O8S2/c1-17-8-13-22(24(14-17)37-3)28-38(32,33)26-21-7-5-4-6-20(21)23(15-27-26)29(16-25(30)31)39(34,35)19-11-9-18(36-2)10-12-19/h4-15,28H,16H2,1-3H3,(H,30,31). The van der Waals surface area contributed by atoms with Crippen LogP contribution >= 0.6 is 0 Å². The first kappa shape index (κ1) is 27.7. The minimum atomic E-state index is -4.40. The lowest BCUT2D eigenvalue weighted by atomic mass is 10.1. The summed E-state index contributed by atoms with van der Waals surface area (Å²) >= 11 is 0. The first-order chi connectivity index (χ1) is 18.5. The molecule has 204 valence electrons. The molecule has 0 radical (unpaired) electrons. The molecule has 4 rings (SSSR count). The molecular weight excluding hydrogens is 546 g/mol. The fraction of sp³-hybridized carbons (Fsp3) is 0.154. The third-order valence-corrected chi connectivity index (χ3v) is 8.89.